The molecule has 0 rings (SSSR count). The third-order valence-corrected chi connectivity index (χ3v) is 13.1. The molecule has 0 aromatic carbocycles. The van der Waals surface area contributed by atoms with Gasteiger partial charge in [-0.05, 0) is 64.2 Å². The first-order valence-electron chi connectivity index (χ1n) is 29.6. The highest BCUT2D eigenvalue weighted by Gasteiger charge is 2.22. The van der Waals surface area contributed by atoms with Gasteiger partial charge in [0.15, 0.2) is 12.4 Å². The number of allylic oxidation sites excluding steroid dienone is 6. The van der Waals surface area contributed by atoms with Gasteiger partial charge in [0.2, 0.25) is 0 Å². The quantitative estimate of drug-likeness (QED) is 0.0195. The fourth-order valence-electron chi connectivity index (χ4n) is 8.51. The number of likely N-dealkylation sites (N-methyl/N-ethyl adjacent to an activating group) is 1. The number of ether oxygens (including phenoxy) is 4. The summed E-state index contributed by atoms with van der Waals surface area (Å²) in [6, 6.07) is 0. The van der Waals surface area contributed by atoms with Crippen molar-refractivity contribution in [1.82, 2.24) is 0 Å². The van der Waals surface area contributed by atoms with Crippen LogP contribution in [0.4, 0.5) is 0 Å². The highest BCUT2D eigenvalue weighted by molar-refractivity contribution is 5.70. The first-order chi connectivity index (χ1) is 34.1. The molecule has 0 amide bonds. The first-order valence-corrected chi connectivity index (χ1v) is 29.6. The van der Waals surface area contributed by atoms with Crippen LogP contribution in [-0.2, 0) is 33.3 Å². The number of esters is 2. The maximum absolute atomic E-state index is 12.8. The lowest BCUT2D eigenvalue weighted by molar-refractivity contribution is -0.870. The number of nitrogens with zero attached hydrogens (tertiary/aromatic N) is 1. The summed E-state index contributed by atoms with van der Waals surface area (Å²) in [6.07, 6.45) is 60.9. The Labute approximate surface area is 432 Å². The zero-order valence-corrected chi connectivity index (χ0v) is 46.7. The molecule has 0 bridgehead atoms. The molecule has 0 aliphatic heterocycles. The summed E-state index contributed by atoms with van der Waals surface area (Å²) in [6.45, 7) is 4.68. The first kappa shape index (κ1) is 67.5. The van der Waals surface area contributed by atoms with E-state index in [1.807, 2.05) is 21.1 Å². The van der Waals surface area contributed by atoms with Crippen LogP contribution in [0.15, 0.2) is 36.5 Å². The van der Waals surface area contributed by atoms with Crippen LogP contribution in [0.2, 0.25) is 0 Å². The van der Waals surface area contributed by atoms with E-state index in [4.69, 9.17) is 18.9 Å². The van der Waals surface area contributed by atoms with E-state index in [-0.39, 0.29) is 38.6 Å². The standard InChI is InChI=1S/C61H113NO8/c1-6-8-10-12-14-16-18-19-20-21-22-23-24-25-26-27-28-29-30-31-32-33-34-35-36-37-38-39-40-41-42-44-46-48-50-52-59(64)70-57(56-69-61(60(65)66)67-54-53-62(3,4)5)55-68-58(63)51-49-47-45-43-17-15-13-11-9-7-2/h11,13,18-19,21-22,57,61H,6-10,12,14-17,20,23-56H2,1-5H3/b13-11-,19-18-,22-21-. The normalized spacial score (nSPS) is 13.0. The molecule has 0 fully saturated rings. The second-order valence-electron chi connectivity index (χ2n) is 21.3. The Balaban J connectivity index is 3.95. The van der Waals surface area contributed by atoms with Crippen LogP contribution in [0.25, 0.3) is 0 Å². The molecule has 9 nitrogen and oxygen atoms in total. The number of carbonyl (C=O) groups is 3. The van der Waals surface area contributed by atoms with Crippen molar-refractivity contribution in [3.05, 3.63) is 36.5 Å². The summed E-state index contributed by atoms with van der Waals surface area (Å²) in [5.41, 5.74) is 0. The molecule has 0 saturated carbocycles. The molecule has 0 N–H and O–H groups in total. The third-order valence-electron chi connectivity index (χ3n) is 13.1. The number of carboxylic acid groups (broad SMARTS) is 1. The van der Waals surface area contributed by atoms with Gasteiger partial charge in [-0.2, -0.15) is 0 Å². The van der Waals surface area contributed by atoms with Gasteiger partial charge in [-0.25, -0.2) is 0 Å². The van der Waals surface area contributed by atoms with Crippen molar-refractivity contribution in [2.24, 2.45) is 0 Å². The van der Waals surface area contributed by atoms with Crippen LogP contribution < -0.4 is 5.11 Å². The van der Waals surface area contributed by atoms with Gasteiger partial charge in [0.1, 0.15) is 13.2 Å². The van der Waals surface area contributed by atoms with Gasteiger partial charge < -0.3 is 33.3 Å². The summed E-state index contributed by atoms with van der Waals surface area (Å²) in [4.78, 5) is 37.1. The smallest absolute Gasteiger partial charge is 0.306 e. The molecular formula is C61H113NO8. The highest BCUT2D eigenvalue weighted by Crippen LogP contribution is 2.17. The summed E-state index contributed by atoms with van der Waals surface area (Å²) < 4.78 is 22.6. The zero-order valence-electron chi connectivity index (χ0n) is 46.7. The summed E-state index contributed by atoms with van der Waals surface area (Å²) in [5, 5.41) is 11.7. The Morgan fingerprint density at radius 2 is 0.800 bits per heavy atom. The van der Waals surface area contributed by atoms with Gasteiger partial charge in [-0.3, -0.25) is 9.59 Å². The Kier molecular flexibility index (Phi) is 50.9. The largest absolute Gasteiger partial charge is 0.545 e. The van der Waals surface area contributed by atoms with Crippen LogP contribution in [0.3, 0.4) is 0 Å². The number of quaternary nitrogens is 1. The molecule has 410 valence electrons. The number of carbonyl (C=O) groups excluding carboxylic acids is 3. The van der Waals surface area contributed by atoms with E-state index in [0.29, 0.717) is 17.4 Å². The number of rotatable bonds is 55. The van der Waals surface area contributed by atoms with E-state index in [1.165, 1.54) is 180 Å². The summed E-state index contributed by atoms with van der Waals surface area (Å²) in [5.74, 6) is -2.28. The number of aliphatic carboxylic acids is 1. The Morgan fingerprint density at radius 1 is 0.429 bits per heavy atom. The van der Waals surface area contributed by atoms with E-state index in [1.54, 1.807) is 0 Å². The SMILES string of the molecule is CCC/C=C\CCCCCCCC(=O)OCC(COC(OCC[N+](C)(C)C)C(=O)[O-])OC(=O)CCCCCCCCCCCCCCCCCCCCCCCCC/C=C\C/C=C\CCCCCCC. The second-order valence-corrected chi connectivity index (χ2v) is 21.3. The van der Waals surface area contributed by atoms with Gasteiger partial charge in [-0.15, -0.1) is 0 Å². The van der Waals surface area contributed by atoms with Crippen molar-refractivity contribution in [2.75, 3.05) is 47.5 Å². The molecule has 2 unspecified atom stereocenters. The molecule has 0 spiro atoms. The highest BCUT2D eigenvalue weighted by atomic mass is 16.7. The maximum atomic E-state index is 12.8. The van der Waals surface area contributed by atoms with Crippen LogP contribution in [-0.4, -0.2) is 82.3 Å². The van der Waals surface area contributed by atoms with Crippen LogP contribution in [0.1, 0.15) is 277 Å². The van der Waals surface area contributed by atoms with Crippen molar-refractivity contribution in [3.8, 4) is 0 Å². The van der Waals surface area contributed by atoms with E-state index in [9.17, 15) is 19.5 Å². The van der Waals surface area contributed by atoms with Crippen molar-refractivity contribution in [1.29, 1.82) is 0 Å². The lowest BCUT2D eigenvalue weighted by atomic mass is 10.0. The lowest BCUT2D eigenvalue weighted by Gasteiger charge is -2.26. The van der Waals surface area contributed by atoms with Crippen molar-refractivity contribution in [2.45, 2.75) is 289 Å². The zero-order chi connectivity index (χ0) is 51.3. The van der Waals surface area contributed by atoms with Gasteiger partial charge in [0.05, 0.1) is 40.3 Å². The van der Waals surface area contributed by atoms with E-state index < -0.39 is 24.3 Å². The molecule has 0 radical (unpaired) electrons. The van der Waals surface area contributed by atoms with Crippen molar-refractivity contribution < 1.29 is 42.9 Å². The minimum Gasteiger partial charge on any atom is -0.545 e. The lowest BCUT2D eigenvalue weighted by Crippen LogP contribution is -2.44. The number of unbranched alkanes of at least 4 members (excludes halogenated alkanes) is 34. The van der Waals surface area contributed by atoms with E-state index in [2.05, 4.69) is 50.3 Å². The van der Waals surface area contributed by atoms with E-state index in [0.717, 1.165) is 64.2 Å². The van der Waals surface area contributed by atoms with Crippen molar-refractivity contribution >= 4 is 17.9 Å². The summed E-state index contributed by atoms with van der Waals surface area (Å²) >= 11 is 0. The van der Waals surface area contributed by atoms with Crippen molar-refractivity contribution in [3.63, 3.8) is 0 Å². The molecule has 2 atom stereocenters. The Morgan fingerprint density at radius 3 is 1.20 bits per heavy atom. The molecule has 0 aliphatic carbocycles. The predicted octanol–water partition coefficient (Wildman–Crippen LogP) is 16.0. The Bertz CT molecular complexity index is 1240. The maximum Gasteiger partial charge on any atom is 0.306 e. The van der Waals surface area contributed by atoms with Crippen LogP contribution in [0.5, 0.6) is 0 Å². The molecule has 9 heteroatoms. The number of hydrogen-bond donors (Lipinski definition) is 0. The van der Waals surface area contributed by atoms with Crippen LogP contribution >= 0.6 is 0 Å². The third kappa shape index (κ3) is 53.3. The second kappa shape index (κ2) is 52.8. The van der Waals surface area contributed by atoms with Crippen LogP contribution in [0, 0.1) is 0 Å². The topological polar surface area (TPSA) is 111 Å². The average molecular weight is 989 g/mol. The predicted molar refractivity (Wildman–Crippen MR) is 293 cm³/mol. The molecule has 70 heavy (non-hydrogen) atoms. The fraction of sp³-hybridized carbons (Fsp3) is 0.852. The molecule has 0 aromatic heterocycles. The number of hydrogen-bond acceptors (Lipinski definition) is 8. The molecular weight excluding hydrogens is 875 g/mol. The average Bonchev–Trinajstić information content (AvgIpc) is 3.33. The molecule has 0 saturated heterocycles. The molecule has 0 aliphatic rings. The van der Waals surface area contributed by atoms with E-state index >= 15 is 0 Å². The number of carboxylic acids is 1. The molecule has 0 heterocycles. The monoisotopic (exact) mass is 988 g/mol. The minimum atomic E-state index is -1.62. The van der Waals surface area contributed by atoms with Gasteiger partial charge >= 0.3 is 11.9 Å². The fourth-order valence-corrected chi connectivity index (χ4v) is 8.51. The minimum absolute atomic E-state index is 0.148. The van der Waals surface area contributed by atoms with Gasteiger partial charge in [-0.1, -0.05) is 237 Å². The summed E-state index contributed by atoms with van der Waals surface area (Å²) in [7, 11) is 5.92. The molecule has 0 aromatic rings. The van der Waals surface area contributed by atoms with Gasteiger partial charge in [0.25, 0.3) is 0 Å². The van der Waals surface area contributed by atoms with Gasteiger partial charge in [0, 0.05) is 12.8 Å². The Hall–Kier alpha value is -2.49.